The Morgan fingerprint density at radius 2 is 1.52 bits per heavy atom. The Labute approximate surface area is 233 Å². The summed E-state index contributed by atoms with van der Waals surface area (Å²) in [5.41, 5.74) is 3.73. The van der Waals surface area contributed by atoms with Crippen LogP contribution in [0.5, 0.6) is 5.75 Å². The monoisotopic (exact) mass is 537 g/mol. The number of aryl methyl sites for hydroxylation is 2. The number of carbonyl (C=O) groups is 3. The minimum absolute atomic E-state index is 0.146. The molecule has 1 unspecified atom stereocenters. The molecule has 0 spiro atoms. The van der Waals surface area contributed by atoms with Crippen LogP contribution in [0.15, 0.2) is 108 Å². The number of benzene rings is 3. The maximum absolute atomic E-state index is 13.7. The minimum Gasteiger partial charge on any atom is -0.497 e. The minimum atomic E-state index is -1.04. The predicted molar refractivity (Wildman–Crippen MR) is 154 cm³/mol. The van der Waals surface area contributed by atoms with Gasteiger partial charge in [-0.15, -0.1) is 0 Å². The van der Waals surface area contributed by atoms with E-state index in [-0.39, 0.29) is 6.54 Å². The first-order valence-electron chi connectivity index (χ1n) is 12.7. The second kappa shape index (κ2) is 13.1. The van der Waals surface area contributed by atoms with Crippen LogP contribution in [0.4, 0.5) is 11.4 Å². The summed E-state index contributed by atoms with van der Waals surface area (Å²) in [7, 11) is 1.55. The summed E-state index contributed by atoms with van der Waals surface area (Å²) in [6.07, 6.45) is 3.85. The van der Waals surface area contributed by atoms with Crippen molar-refractivity contribution in [1.82, 2.24) is 5.32 Å². The van der Waals surface area contributed by atoms with Crippen LogP contribution in [0.1, 0.15) is 28.5 Å². The fourth-order valence-electron chi connectivity index (χ4n) is 4.04. The molecule has 4 aromatic rings. The number of hydrogen-bond acceptors (Lipinski definition) is 5. The van der Waals surface area contributed by atoms with Crippen molar-refractivity contribution in [1.29, 1.82) is 0 Å². The van der Waals surface area contributed by atoms with Crippen LogP contribution in [0, 0.1) is 13.8 Å². The van der Waals surface area contributed by atoms with Gasteiger partial charge in [-0.05, 0) is 67.9 Å². The van der Waals surface area contributed by atoms with Crippen molar-refractivity contribution in [3.63, 3.8) is 0 Å². The van der Waals surface area contributed by atoms with Crippen molar-refractivity contribution in [2.75, 3.05) is 17.3 Å². The smallest absolute Gasteiger partial charge is 0.252 e. The van der Waals surface area contributed by atoms with E-state index in [1.54, 1.807) is 55.6 Å². The lowest BCUT2D eigenvalue weighted by molar-refractivity contribution is -0.125. The van der Waals surface area contributed by atoms with E-state index in [2.05, 4.69) is 10.6 Å². The molecule has 0 fully saturated rings. The summed E-state index contributed by atoms with van der Waals surface area (Å²) in [6, 6.07) is 23.9. The number of anilines is 2. The zero-order chi connectivity index (χ0) is 28.5. The number of methoxy groups -OCH3 is 1. The third-order valence-electron chi connectivity index (χ3n) is 6.20. The highest BCUT2D eigenvalue weighted by atomic mass is 16.5. The largest absolute Gasteiger partial charge is 0.497 e. The summed E-state index contributed by atoms with van der Waals surface area (Å²) >= 11 is 0. The summed E-state index contributed by atoms with van der Waals surface area (Å²) in [5, 5.41) is 5.61. The van der Waals surface area contributed by atoms with Gasteiger partial charge in [0.05, 0.1) is 19.9 Å². The second-order valence-electron chi connectivity index (χ2n) is 9.21. The molecular formula is C32H31N3O5. The zero-order valence-electron chi connectivity index (χ0n) is 22.6. The molecule has 40 heavy (non-hydrogen) atoms. The molecule has 8 heteroatoms. The van der Waals surface area contributed by atoms with E-state index in [9.17, 15) is 14.4 Å². The third kappa shape index (κ3) is 7.26. The molecule has 0 saturated heterocycles. The highest BCUT2D eigenvalue weighted by Gasteiger charge is 2.32. The van der Waals surface area contributed by atoms with E-state index in [0.717, 1.165) is 23.3 Å². The standard InChI is InChI=1S/C32H31N3O5/c1-22-6-10-24(11-7-22)31(32(38)33-21-28-5-4-20-40-28)35(26-14-16-27(39-3)17-15-26)30(37)19-18-29(36)34-25-12-8-23(2)9-13-25/h4-20,31H,21H2,1-3H3,(H,33,38)(H,34,36)/b19-18-. The fourth-order valence-corrected chi connectivity index (χ4v) is 4.04. The normalized spacial score (nSPS) is 11.6. The molecule has 1 aromatic heterocycles. The number of nitrogens with one attached hydrogen (secondary N) is 2. The van der Waals surface area contributed by atoms with Gasteiger partial charge in [-0.25, -0.2) is 0 Å². The van der Waals surface area contributed by atoms with Crippen LogP contribution >= 0.6 is 0 Å². The van der Waals surface area contributed by atoms with Gasteiger partial charge in [0, 0.05) is 23.5 Å². The first-order valence-corrected chi connectivity index (χ1v) is 12.7. The maximum Gasteiger partial charge on any atom is 0.252 e. The predicted octanol–water partition coefficient (Wildman–Crippen LogP) is 5.49. The quantitative estimate of drug-likeness (QED) is 0.261. The number of rotatable bonds is 10. The average Bonchev–Trinajstić information content (AvgIpc) is 3.49. The molecule has 3 aromatic carbocycles. The third-order valence-corrected chi connectivity index (χ3v) is 6.20. The molecular weight excluding hydrogens is 506 g/mol. The fraction of sp³-hybridized carbons (Fsp3) is 0.156. The molecule has 0 radical (unpaired) electrons. The van der Waals surface area contributed by atoms with E-state index in [0.29, 0.717) is 28.4 Å². The van der Waals surface area contributed by atoms with Crippen molar-refractivity contribution in [3.8, 4) is 5.75 Å². The number of carbonyl (C=O) groups excluding carboxylic acids is 3. The van der Waals surface area contributed by atoms with E-state index in [4.69, 9.17) is 9.15 Å². The Morgan fingerprint density at radius 1 is 0.875 bits per heavy atom. The molecule has 0 aliphatic heterocycles. The first-order chi connectivity index (χ1) is 19.3. The molecule has 0 aliphatic carbocycles. The Hall–Kier alpha value is -5.11. The Kier molecular flexibility index (Phi) is 9.15. The van der Waals surface area contributed by atoms with Crippen molar-refractivity contribution in [2.24, 2.45) is 0 Å². The number of hydrogen-bond donors (Lipinski definition) is 2. The van der Waals surface area contributed by atoms with Gasteiger partial charge in [0.1, 0.15) is 17.6 Å². The lowest BCUT2D eigenvalue weighted by Gasteiger charge is -2.31. The summed E-state index contributed by atoms with van der Waals surface area (Å²) in [5.74, 6) is -0.268. The molecule has 1 heterocycles. The number of furan rings is 1. The first kappa shape index (κ1) is 27.9. The van der Waals surface area contributed by atoms with Crippen LogP contribution < -0.4 is 20.3 Å². The summed E-state index contributed by atoms with van der Waals surface area (Å²) < 4.78 is 10.6. The Bertz CT molecular complexity index is 1460. The van der Waals surface area contributed by atoms with E-state index >= 15 is 0 Å². The summed E-state index contributed by atoms with van der Waals surface area (Å²) in [6.45, 7) is 4.04. The van der Waals surface area contributed by atoms with E-state index in [1.807, 2.05) is 50.2 Å². The van der Waals surface area contributed by atoms with Gasteiger partial charge in [-0.3, -0.25) is 19.3 Å². The van der Waals surface area contributed by atoms with Crippen molar-refractivity contribution < 1.29 is 23.5 Å². The van der Waals surface area contributed by atoms with Gasteiger partial charge in [0.25, 0.3) is 5.91 Å². The SMILES string of the molecule is COc1ccc(N(C(=O)/C=C\C(=O)Nc2ccc(C)cc2)C(C(=O)NCc2ccco2)c2ccc(C)cc2)cc1. The Balaban J connectivity index is 1.67. The Morgan fingerprint density at radius 3 is 2.12 bits per heavy atom. The van der Waals surface area contributed by atoms with Gasteiger partial charge in [0.15, 0.2) is 0 Å². The maximum atomic E-state index is 13.7. The average molecular weight is 538 g/mol. The van der Waals surface area contributed by atoms with Crippen LogP contribution in [0.25, 0.3) is 0 Å². The second-order valence-corrected chi connectivity index (χ2v) is 9.21. The van der Waals surface area contributed by atoms with Gasteiger partial charge in [0.2, 0.25) is 11.8 Å². The molecule has 2 N–H and O–H groups in total. The van der Waals surface area contributed by atoms with Crippen molar-refractivity contribution in [3.05, 3.63) is 126 Å². The molecule has 3 amide bonds. The van der Waals surface area contributed by atoms with Crippen molar-refractivity contribution in [2.45, 2.75) is 26.4 Å². The lowest BCUT2D eigenvalue weighted by atomic mass is 10.0. The zero-order valence-corrected chi connectivity index (χ0v) is 22.6. The number of amides is 3. The highest BCUT2D eigenvalue weighted by molar-refractivity contribution is 6.10. The van der Waals surface area contributed by atoms with E-state index < -0.39 is 23.8 Å². The van der Waals surface area contributed by atoms with E-state index in [1.165, 1.54) is 11.2 Å². The van der Waals surface area contributed by atoms with Crippen molar-refractivity contribution >= 4 is 29.1 Å². The molecule has 4 rings (SSSR count). The van der Waals surface area contributed by atoms with Gasteiger partial charge >= 0.3 is 0 Å². The molecule has 204 valence electrons. The van der Waals surface area contributed by atoms with Crippen LogP contribution in [0.3, 0.4) is 0 Å². The lowest BCUT2D eigenvalue weighted by Crippen LogP contribution is -2.43. The van der Waals surface area contributed by atoms with Gasteiger partial charge in [-0.2, -0.15) is 0 Å². The molecule has 1 atom stereocenters. The number of nitrogens with zero attached hydrogens (tertiary/aromatic N) is 1. The number of ether oxygens (including phenoxy) is 1. The van der Waals surface area contributed by atoms with Crippen LogP contribution in [-0.4, -0.2) is 24.8 Å². The molecule has 0 aliphatic rings. The molecule has 8 nitrogen and oxygen atoms in total. The molecule has 0 bridgehead atoms. The van der Waals surface area contributed by atoms with Crippen LogP contribution in [0.2, 0.25) is 0 Å². The highest BCUT2D eigenvalue weighted by Crippen LogP contribution is 2.30. The summed E-state index contributed by atoms with van der Waals surface area (Å²) in [4.78, 5) is 41.4. The van der Waals surface area contributed by atoms with Crippen LogP contribution in [-0.2, 0) is 20.9 Å². The topological polar surface area (TPSA) is 101 Å². The molecule has 0 saturated carbocycles. The van der Waals surface area contributed by atoms with Gasteiger partial charge in [-0.1, -0.05) is 47.5 Å². The van der Waals surface area contributed by atoms with Gasteiger partial charge < -0.3 is 19.8 Å².